The van der Waals surface area contributed by atoms with Crippen LogP contribution < -0.4 is 0 Å². The van der Waals surface area contributed by atoms with Crippen LogP contribution in [0.25, 0.3) is 16.7 Å². The molecule has 0 amide bonds. The topological polar surface area (TPSA) is 37.3 Å². The number of hydrogen-bond donors (Lipinski definition) is 1. The zero-order chi connectivity index (χ0) is 13.6. The molecular weight excluding hydrogens is 236 g/mol. The van der Waals surface area contributed by atoms with Gasteiger partial charge in [0.15, 0.2) is 0 Å². The maximum atomic E-state index is 11.1. The first-order chi connectivity index (χ1) is 9.08. The van der Waals surface area contributed by atoms with E-state index in [-0.39, 0.29) is 0 Å². The molecule has 0 aromatic heterocycles. The van der Waals surface area contributed by atoms with Gasteiger partial charge in [0, 0.05) is 6.08 Å². The highest BCUT2D eigenvalue weighted by Crippen LogP contribution is 2.45. The van der Waals surface area contributed by atoms with Gasteiger partial charge in [-0.25, -0.2) is 4.79 Å². The molecule has 2 heteroatoms. The number of carbonyl (C=O) groups is 1. The van der Waals surface area contributed by atoms with Crippen LogP contribution in [-0.2, 0) is 4.79 Å². The Morgan fingerprint density at radius 2 is 1.74 bits per heavy atom. The summed E-state index contributed by atoms with van der Waals surface area (Å²) in [5.74, 6) is -0.905. The number of carboxylic acid groups (broad SMARTS) is 1. The summed E-state index contributed by atoms with van der Waals surface area (Å²) < 4.78 is 0. The van der Waals surface area contributed by atoms with E-state index >= 15 is 0 Å². The summed E-state index contributed by atoms with van der Waals surface area (Å²) in [7, 11) is 0. The predicted octanol–water partition coefficient (Wildman–Crippen LogP) is 3.80. The van der Waals surface area contributed by atoms with Gasteiger partial charge in [-0.15, -0.1) is 0 Å². The van der Waals surface area contributed by atoms with Crippen LogP contribution in [0.3, 0.4) is 0 Å². The van der Waals surface area contributed by atoms with E-state index in [2.05, 4.69) is 25.1 Å². The first-order valence-electron chi connectivity index (χ1n) is 6.24. The summed E-state index contributed by atoms with van der Waals surface area (Å²) in [6, 6.07) is 12.2. The van der Waals surface area contributed by atoms with Crippen LogP contribution in [0.5, 0.6) is 0 Å². The molecule has 0 heterocycles. The Labute approximate surface area is 112 Å². The third-order valence-corrected chi connectivity index (χ3v) is 3.52. The minimum atomic E-state index is -0.905. The van der Waals surface area contributed by atoms with Crippen LogP contribution in [0.2, 0.25) is 0 Å². The number of rotatable bonds is 1. The van der Waals surface area contributed by atoms with Crippen LogP contribution in [0.1, 0.15) is 22.3 Å². The Bertz CT molecular complexity index is 724. The van der Waals surface area contributed by atoms with E-state index in [1.807, 2.05) is 25.1 Å². The van der Waals surface area contributed by atoms with Crippen LogP contribution in [-0.4, -0.2) is 11.1 Å². The zero-order valence-electron chi connectivity index (χ0n) is 10.9. The standard InChI is InChI=1S/C17H14O2/c1-10-7-11(2)17-14(8-10)12-5-3-4-6-13(12)15(17)9-16(18)19/h3-9H,1-2H3,(H,18,19)/b15-9-. The minimum absolute atomic E-state index is 0.815. The van der Waals surface area contributed by atoms with Crippen molar-refractivity contribution in [1.82, 2.24) is 0 Å². The van der Waals surface area contributed by atoms with E-state index in [1.54, 1.807) is 0 Å². The molecular formula is C17H14O2. The first kappa shape index (κ1) is 11.7. The average Bonchev–Trinajstić information content (AvgIpc) is 2.64. The molecule has 19 heavy (non-hydrogen) atoms. The van der Waals surface area contributed by atoms with E-state index in [4.69, 9.17) is 5.11 Å². The SMILES string of the molecule is Cc1cc(C)c2c(c1)-c1ccccc1/C2=C/C(=O)O. The summed E-state index contributed by atoms with van der Waals surface area (Å²) in [6.45, 7) is 4.10. The Hall–Kier alpha value is -2.35. The molecule has 0 saturated heterocycles. The second-order valence-electron chi connectivity index (χ2n) is 4.95. The van der Waals surface area contributed by atoms with Crippen LogP contribution in [0.15, 0.2) is 42.5 Å². The van der Waals surface area contributed by atoms with E-state index in [0.29, 0.717) is 0 Å². The normalized spacial score (nSPS) is 14.3. The van der Waals surface area contributed by atoms with Gasteiger partial charge in [-0.2, -0.15) is 0 Å². The highest BCUT2D eigenvalue weighted by Gasteiger charge is 2.25. The number of benzene rings is 2. The first-order valence-corrected chi connectivity index (χ1v) is 6.24. The van der Waals surface area contributed by atoms with Gasteiger partial charge < -0.3 is 5.11 Å². The van der Waals surface area contributed by atoms with Crippen molar-refractivity contribution < 1.29 is 9.90 Å². The third-order valence-electron chi connectivity index (χ3n) is 3.52. The molecule has 94 valence electrons. The van der Waals surface area contributed by atoms with Crippen LogP contribution in [0.4, 0.5) is 0 Å². The highest BCUT2D eigenvalue weighted by atomic mass is 16.4. The molecule has 2 aromatic rings. The molecule has 3 rings (SSSR count). The smallest absolute Gasteiger partial charge is 0.328 e. The lowest BCUT2D eigenvalue weighted by molar-refractivity contribution is -0.131. The molecule has 2 nitrogen and oxygen atoms in total. The predicted molar refractivity (Wildman–Crippen MR) is 76.1 cm³/mol. The lowest BCUT2D eigenvalue weighted by Gasteiger charge is -2.07. The minimum Gasteiger partial charge on any atom is -0.478 e. The van der Waals surface area contributed by atoms with Gasteiger partial charge in [0.2, 0.25) is 0 Å². The zero-order valence-corrected chi connectivity index (χ0v) is 10.9. The van der Waals surface area contributed by atoms with Crippen molar-refractivity contribution in [3.8, 4) is 11.1 Å². The number of hydrogen-bond acceptors (Lipinski definition) is 1. The fourth-order valence-electron chi connectivity index (χ4n) is 2.90. The monoisotopic (exact) mass is 250 g/mol. The summed E-state index contributed by atoms with van der Waals surface area (Å²) in [6.07, 6.45) is 1.31. The second kappa shape index (κ2) is 4.09. The number of carboxylic acids is 1. The largest absolute Gasteiger partial charge is 0.478 e. The van der Waals surface area contributed by atoms with Crippen molar-refractivity contribution in [2.75, 3.05) is 0 Å². The molecule has 0 radical (unpaired) electrons. The Kier molecular flexibility index (Phi) is 2.53. The Balaban J connectivity index is 2.40. The fourth-order valence-corrected chi connectivity index (χ4v) is 2.90. The Morgan fingerprint density at radius 3 is 2.42 bits per heavy atom. The molecule has 0 aliphatic heterocycles. The molecule has 1 N–H and O–H groups in total. The maximum Gasteiger partial charge on any atom is 0.328 e. The van der Waals surface area contributed by atoms with Gasteiger partial charge >= 0.3 is 5.97 Å². The molecule has 0 fully saturated rings. The molecule has 0 bridgehead atoms. The maximum absolute atomic E-state index is 11.1. The van der Waals surface area contributed by atoms with Crippen LogP contribution in [0, 0.1) is 13.8 Å². The molecule has 0 saturated carbocycles. The summed E-state index contributed by atoms with van der Waals surface area (Å²) >= 11 is 0. The van der Waals surface area contributed by atoms with Gasteiger partial charge in [-0.3, -0.25) is 0 Å². The van der Waals surface area contributed by atoms with Crippen LogP contribution >= 0.6 is 0 Å². The number of fused-ring (bicyclic) bond motifs is 3. The lowest BCUT2D eigenvalue weighted by atomic mass is 9.97. The molecule has 1 aliphatic rings. The van der Waals surface area contributed by atoms with E-state index < -0.39 is 5.97 Å². The van der Waals surface area contributed by atoms with Crippen molar-refractivity contribution in [2.45, 2.75) is 13.8 Å². The Morgan fingerprint density at radius 1 is 1.05 bits per heavy atom. The number of aliphatic carboxylic acids is 1. The van der Waals surface area contributed by atoms with E-state index in [9.17, 15) is 4.79 Å². The molecule has 2 aromatic carbocycles. The van der Waals surface area contributed by atoms with Gasteiger partial charge in [0.25, 0.3) is 0 Å². The number of aryl methyl sites for hydroxylation is 2. The van der Waals surface area contributed by atoms with E-state index in [1.165, 1.54) is 11.6 Å². The molecule has 0 spiro atoms. The van der Waals surface area contributed by atoms with Gasteiger partial charge in [-0.05, 0) is 47.2 Å². The molecule has 0 atom stereocenters. The van der Waals surface area contributed by atoms with Crippen molar-refractivity contribution in [1.29, 1.82) is 0 Å². The van der Waals surface area contributed by atoms with Crippen molar-refractivity contribution in [2.24, 2.45) is 0 Å². The quantitative estimate of drug-likeness (QED) is 0.667. The second-order valence-corrected chi connectivity index (χ2v) is 4.95. The summed E-state index contributed by atoms with van der Waals surface area (Å²) in [4.78, 5) is 11.1. The summed E-state index contributed by atoms with van der Waals surface area (Å²) in [5, 5.41) is 9.09. The van der Waals surface area contributed by atoms with E-state index in [0.717, 1.165) is 33.4 Å². The average molecular weight is 250 g/mol. The van der Waals surface area contributed by atoms with Gasteiger partial charge in [0.05, 0.1) is 0 Å². The summed E-state index contributed by atoms with van der Waals surface area (Å²) in [5.41, 5.74) is 7.46. The van der Waals surface area contributed by atoms with Gasteiger partial charge in [0.1, 0.15) is 0 Å². The van der Waals surface area contributed by atoms with Gasteiger partial charge in [-0.1, -0.05) is 42.0 Å². The molecule has 1 aliphatic carbocycles. The van der Waals surface area contributed by atoms with Crippen molar-refractivity contribution in [3.05, 3.63) is 64.7 Å². The highest BCUT2D eigenvalue weighted by molar-refractivity contribution is 6.07. The van der Waals surface area contributed by atoms with Crippen molar-refractivity contribution in [3.63, 3.8) is 0 Å². The molecule has 0 unspecified atom stereocenters. The fraction of sp³-hybridized carbons (Fsp3) is 0.118. The van der Waals surface area contributed by atoms with Crippen molar-refractivity contribution >= 4 is 11.5 Å². The lowest BCUT2D eigenvalue weighted by Crippen LogP contribution is -1.93. The third kappa shape index (κ3) is 1.76.